The van der Waals surface area contributed by atoms with Crippen molar-refractivity contribution < 1.29 is 18.3 Å². The molecule has 1 aliphatic heterocycles. The average molecular weight is 275 g/mol. The summed E-state index contributed by atoms with van der Waals surface area (Å²) >= 11 is 1.27. The second-order valence-electron chi connectivity index (χ2n) is 4.33. The summed E-state index contributed by atoms with van der Waals surface area (Å²) in [6.07, 6.45) is -1.26. The Labute approximate surface area is 108 Å². The van der Waals surface area contributed by atoms with E-state index in [9.17, 15) is 13.6 Å². The second-order valence-corrected chi connectivity index (χ2v) is 5.08. The molecule has 18 heavy (non-hydrogen) atoms. The Morgan fingerprint density at radius 2 is 2.33 bits per heavy atom. The monoisotopic (exact) mass is 275 g/mol. The first-order valence-corrected chi connectivity index (χ1v) is 6.73. The quantitative estimate of drug-likeness (QED) is 0.862. The van der Waals surface area contributed by atoms with E-state index in [-0.39, 0.29) is 23.5 Å². The maximum Gasteiger partial charge on any atom is 0.308 e. The van der Waals surface area contributed by atoms with E-state index in [1.54, 1.807) is 5.38 Å². The number of piperidine rings is 1. The van der Waals surface area contributed by atoms with Crippen molar-refractivity contribution in [3.63, 3.8) is 0 Å². The molecular weight excluding hydrogens is 260 g/mol. The Morgan fingerprint density at radius 3 is 3.00 bits per heavy atom. The van der Waals surface area contributed by atoms with Gasteiger partial charge in [0, 0.05) is 11.6 Å². The van der Waals surface area contributed by atoms with Gasteiger partial charge in [0.1, 0.15) is 0 Å². The standard InChI is InChI=1S/C12H15F2NO2S/c1-17-12(16)7-2-3-15-10(4-7)8-5-18-6-9(8)11(13)14/h5-7,10-11,15H,2-4H2,1H3. The number of hydrogen-bond donors (Lipinski definition) is 1. The molecule has 0 bridgehead atoms. The van der Waals surface area contributed by atoms with Crippen LogP contribution in [0, 0.1) is 5.92 Å². The molecule has 1 aromatic heterocycles. The minimum Gasteiger partial charge on any atom is -0.469 e. The van der Waals surface area contributed by atoms with Gasteiger partial charge in [0.2, 0.25) is 0 Å². The molecule has 2 rings (SSSR count). The molecule has 0 aliphatic carbocycles. The number of carbonyl (C=O) groups is 1. The van der Waals surface area contributed by atoms with Gasteiger partial charge < -0.3 is 10.1 Å². The van der Waals surface area contributed by atoms with Crippen molar-refractivity contribution in [2.45, 2.75) is 25.3 Å². The van der Waals surface area contributed by atoms with Crippen LogP contribution in [0.2, 0.25) is 0 Å². The summed E-state index contributed by atoms with van der Waals surface area (Å²) in [5.74, 6) is -0.456. The summed E-state index contributed by atoms with van der Waals surface area (Å²) in [6.45, 7) is 0.642. The summed E-state index contributed by atoms with van der Waals surface area (Å²) in [5, 5.41) is 6.40. The van der Waals surface area contributed by atoms with Crippen LogP contribution in [0.3, 0.4) is 0 Å². The maximum absolute atomic E-state index is 12.8. The number of ether oxygens (including phenoxy) is 1. The van der Waals surface area contributed by atoms with Gasteiger partial charge in [-0.3, -0.25) is 4.79 Å². The summed E-state index contributed by atoms with van der Waals surface area (Å²) in [7, 11) is 1.36. The van der Waals surface area contributed by atoms with Crippen molar-refractivity contribution in [1.82, 2.24) is 5.32 Å². The number of thiophene rings is 1. The Morgan fingerprint density at radius 1 is 1.56 bits per heavy atom. The van der Waals surface area contributed by atoms with E-state index in [0.717, 1.165) is 0 Å². The number of halogens is 2. The molecule has 1 aliphatic rings. The molecule has 0 radical (unpaired) electrons. The van der Waals surface area contributed by atoms with Gasteiger partial charge in [-0.05, 0) is 35.7 Å². The summed E-state index contributed by atoms with van der Waals surface area (Å²) in [4.78, 5) is 11.5. The van der Waals surface area contributed by atoms with Gasteiger partial charge in [-0.1, -0.05) is 0 Å². The SMILES string of the molecule is COC(=O)C1CCNC(c2cscc2C(F)F)C1. The topological polar surface area (TPSA) is 38.3 Å². The van der Waals surface area contributed by atoms with Crippen LogP contribution in [-0.2, 0) is 9.53 Å². The molecule has 2 unspecified atom stereocenters. The number of carbonyl (C=O) groups excluding carboxylic acids is 1. The number of rotatable bonds is 3. The van der Waals surface area contributed by atoms with Crippen LogP contribution in [0.25, 0.3) is 0 Å². The number of hydrogen-bond acceptors (Lipinski definition) is 4. The van der Waals surface area contributed by atoms with Gasteiger partial charge in [0.05, 0.1) is 13.0 Å². The first-order valence-electron chi connectivity index (χ1n) is 5.78. The molecule has 2 heterocycles. The van der Waals surface area contributed by atoms with Crippen LogP contribution in [0.1, 0.15) is 36.4 Å². The molecule has 100 valence electrons. The summed E-state index contributed by atoms with van der Waals surface area (Å²) in [6, 6.07) is -0.182. The van der Waals surface area contributed by atoms with Crippen molar-refractivity contribution in [2.24, 2.45) is 5.92 Å². The predicted molar refractivity (Wildman–Crippen MR) is 64.8 cm³/mol. The summed E-state index contributed by atoms with van der Waals surface area (Å²) < 4.78 is 30.4. The fourth-order valence-corrected chi connectivity index (χ4v) is 3.21. The zero-order valence-corrected chi connectivity index (χ0v) is 10.8. The molecule has 0 amide bonds. The number of alkyl halides is 2. The lowest BCUT2D eigenvalue weighted by Gasteiger charge is -2.29. The van der Waals surface area contributed by atoms with E-state index in [1.165, 1.54) is 23.8 Å². The summed E-state index contributed by atoms with van der Waals surface area (Å²) in [5.41, 5.74) is 0.687. The second kappa shape index (κ2) is 5.75. The Kier molecular flexibility index (Phi) is 4.29. The molecule has 1 saturated heterocycles. The molecule has 0 aromatic carbocycles. The molecule has 0 saturated carbocycles. The molecular formula is C12H15F2NO2S. The lowest BCUT2D eigenvalue weighted by atomic mass is 9.88. The van der Waals surface area contributed by atoms with Crippen molar-refractivity contribution >= 4 is 17.3 Å². The molecule has 1 N–H and O–H groups in total. The minimum absolute atomic E-state index is 0.0722. The zero-order chi connectivity index (χ0) is 13.1. The van der Waals surface area contributed by atoms with Gasteiger partial charge in [-0.25, -0.2) is 8.78 Å². The van der Waals surface area contributed by atoms with Crippen molar-refractivity contribution in [2.75, 3.05) is 13.7 Å². The predicted octanol–water partition coefficient (Wildman–Crippen LogP) is 2.90. The highest BCUT2D eigenvalue weighted by Crippen LogP contribution is 2.35. The molecule has 1 aromatic rings. The van der Waals surface area contributed by atoms with E-state index in [0.29, 0.717) is 24.9 Å². The number of esters is 1. The highest BCUT2D eigenvalue weighted by molar-refractivity contribution is 7.08. The van der Waals surface area contributed by atoms with Crippen LogP contribution >= 0.6 is 11.3 Å². The molecule has 6 heteroatoms. The zero-order valence-electron chi connectivity index (χ0n) is 9.99. The molecule has 2 atom stereocenters. The highest BCUT2D eigenvalue weighted by atomic mass is 32.1. The van der Waals surface area contributed by atoms with Crippen LogP contribution in [-0.4, -0.2) is 19.6 Å². The minimum atomic E-state index is -2.47. The average Bonchev–Trinajstić information content (AvgIpc) is 2.87. The van der Waals surface area contributed by atoms with E-state index < -0.39 is 6.43 Å². The van der Waals surface area contributed by atoms with Gasteiger partial charge in [-0.2, -0.15) is 11.3 Å². The van der Waals surface area contributed by atoms with E-state index in [1.807, 2.05) is 0 Å². The Bertz CT molecular complexity index is 422. The lowest BCUT2D eigenvalue weighted by molar-refractivity contribution is -0.146. The fourth-order valence-electron chi connectivity index (χ4n) is 2.31. The third kappa shape index (κ3) is 2.70. The first kappa shape index (κ1) is 13.4. The Hall–Kier alpha value is -1.01. The Balaban J connectivity index is 2.13. The number of nitrogens with one attached hydrogen (secondary N) is 1. The van der Waals surface area contributed by atoms with E-state index >= 15 is 0 Å². The molecule has 1 fully saturated rings. The van der Waals surface area contributed by atoms with Gasteiger partial charge >= 0.3 is 5.97 Å². The lowest BCUT2D eigenvalue weighted by Crippen LogP contribution is -2.35. The van der Waals surface area contributed by atoms with Crippen molar-refractivity contribution in [3.8, 4) is 0 Å². The third-order valence-electron chi connectivity index (χ3n) is 3.27. The smallest absolute Gasteiger partial charge is 0.308 e. The fraction of sp³-hybridized carbons (Fsp3) is 0.583. The number of methoxy groups -OCH3 is 1. The van der Waals surface area contributed by atoms with Crippen LogP contribution in [0.4, 0.5) is 8.78 Å². The normalized spacial score (nSPS) is 24.2. The van der Waals surface area contributed by atoms with Gasteiger partial charge in [0.25, 0.3) is 6.43 Å². The largest absolute Gasteiger partial charge is 0.469 e. The maximum atomic E-state index is 12.8. The molecule has 3 nitrogen and oxygen atoms in total. The van der Waals surface area contributed by atoms with Gasteiger partial charge in [0.15, 0.2) is 0 Å². The van der Waals surface area contributed by atoms with E-state index in [4.69, 9.17) is 4.74 Å². The molecule has 0 spiro atoms. The first-order chi connectivity index (χ1) is 8.63. The van der Waals surface area contributed by atoms with Crippen LogP contribution < -0.4 is 5.32 Å². The van der Waals surface area contributed by atoms with Crippen LogP contribution in [0.5, 0.6) is 0 Å². The van der Waals surface area contributed by atoms with E-state index in [2.05, 4.69) is 5.32 Å². The highest BCUT2D eigenvalue weighted by Gasteiger charge is 2.31. The van der Waals surface area contributed by atoms with Crippen molar-refractivity contribution in [3.05, 3.63) is 21.9 Å². The van der Waals surface area contributed by atoms with Gasteiger partial charge in [-0.15, -0.1) is 0 Å². The van der Waals surface area contributed by atoms with Crippen LogP contribution in [0.15, 0.2) is 10.8 Å². The van der Waals surface area contributed by atoms with Crippen molar-refractivity contribution in [1.29, 1.82) is 0 Å². The third-order valence-corrected chi connectivity index (χ3v) is 4.05.